The first-order valence-corrected chi connectivity index (χ1v) is 2.77. The van der Waals surface area contributed by atoms with Crippen molar-refractivity contribution in [1.82, 2.24) is 4.90 Å². The summed E-state index contributed by atoms with van der Waals surface area (Å²) in [4.78, 5) is 15.4. The lowest BCUT2D eigenvalue weighted by Crippen LogP contribution is -2.35. The molecule has 1 amide bonds. The maximum atomic E-state index is 10.2. The fraction of sp³-hybridized carbons (Fsp3) is 0.600. The van der Waals surface area contributed by atoms with Gasteiger partial charge in [-0.3, -0.25) is 4.99 Å². The van der Waals surface area contributed by atoms with Crippen LogP contribution in [0.5, 0.6) is 0 Å². The van der Waals surface area contributed by atoms with Crippen LogP contribution in [0.2, 0.25) is 0 Å². The third-order valence-corrected chi connectivity index (χ3v) is 1.20. The van der Waals surface area contributed by atoms with Gasteiger partial charge in [0.15, 0.2) is 0 Å². The minimum absolute atomic E-state index is 0.440. The number of carbonyl (C=O) groups is 1. The number of aliphatic imine (C=N–C) groups is 1. The third kappa shape index (κ3) is 1.42. The van der Waals surface area contributed by atoms with E-state index in [9.17, 15) is 4.79 Å². The molecule has 1 heterocycles. The number of hydrogen-bond donors (Lipinski definition) is 1. The minimum atomic E-state index is -0.860. The highest BCUT2D eigenvalue weighted by Gasteiger charge is 2.10. The highest BCUT2D eigenvalue weighted by atomic mass is 16.4. The van der Waals surface area contributed by atoms with Crippen molar-refractivity contribution >= 4 is 12.3 Å². The van der Waals surface area contributed by atoms with Gasteiger partial charge in [0.2, 0.25) is 0 Å². The Morgan fingerprint density at radius 1 is 1.78 bits per heavy atom. The lowest BCUT2D eigenvalue weighted by Gasteiger charge is -2.18. The molecule has 0 aromatic heterocycles. The Labute approximate surface area is 52.8 Å². The molecule has 0 saturated heterocycles. The van der Waals surface area contributed by atoms with Gasteiger partial charge in [-0.15, -0.1) is 0 Å². The van der Waals surface area contributed by atoms with Gasteiger partial charge in [0.1, 0.15) is 0 Å². The Hall–Kier alpha value is -1.06. The van der Waals surface area contributed by atoms with E-state index in [1.165, 1.54) is 4.90 Å². The summed E-state index contributed by atoms with van der Waals surface area (Å²) in [6.07, 6.45) is 0.763. The van der Waals surface area contributed by atoms with Crippen LogP contribution in [-0.4, -0.2) is 41.9 Å². The van der Waals surface area contributed by atoms with E-state index >= 15 is 0 Å². The first-order valence-electron chi connectivity index (χ1n) is 2.77. The third-order valence-electron chi connectivity index (χ3n) is 1.20. The van der Waals surface area contributed by atoms with Crippen LogP contribution >= 0.6 is 0 Å². The largest absolute Gasteiger partial charge is 0.465 e. The molecule has 4 heteroatoms. The second-order valence-electron chi connectivity index (χ2n) is 1.82. The number of nitrogens with zero attached hydrogens (tertiary/aromatic N) is 2. The zero-order valence-corrected chi connectivity index (χ0v) is 4.95. The summed E-state index contributed by atoms with van der Waals surface area (Å²) >= 11 is 0. The van der Waals surface area contributed by atoms with E-state index in [1.807, 2.05) is 0 Å². The summed E-state index contributed by atoms with van der Waals surface area (Å²) in [7, 11) is 0. The Kier molecular flexibility index (Phi) is 1.67. The molecule has 1 aliphatic rings. The van der Waals surface area contributed by atoms with Gasteiger partial charge < -0.3 is 10.0 Å². The molecule has 4 nitrogen and oxygen atoms in total. The Morgan fingerprint density at radius 3 is 2.89 bits per heavy atom. The van der Waals surface area contributed by atoms with Crippen LogP contribution in [0.1, 0.15) is 0 Å². The van der Waals surface area contributed by atoms with Gasteiger partial charge in [0.25, 0.3) is 0 Å². The quantitative estimate of drug-likeness (QED) is 0.501. The molecule has 0 aliphatic carbocycles. The summed E-state index contributed by atoms with van der Waals surface area (Å²) in [5.41, 5.74) is 0. The zero-order chi connectivity index (χ0) is 6.69. The maximum Gasteiger partial charge on any atom is 0.407 e. The van der Waals surface area contributed by atoms with Crippen molar-refractivity contribution in [2.75, 3.05) is 19.6 Å². The monoisotopic (exact) mass is 128 g/mol. The fourth-order valence-electron chi connectivity index (χ4n) is 0.691. The van der Waals surface area contributed by atoms with Gasteiger partial charge in [-0.1, -0.05) is 0 Å². The van der Waals surface area contributed by atoms with Crippen LogP contribution in [0.15, 0.2) is 4.99 Å². The molecule has 1 aliphatic heterocycles. The molecule has 9 heavy (non-hydrogen) atoms. The minimum Gasteiger partial charge on any atom is -0.465 e. The molecule has 0 atom stereocenters. The number of rotatable bonds is 0. The molecule has 0 unspecified atom stereocenters. The van der Waals surface area contributed by atoms with Gasteiger partial charge in [0.05, 0.1) is 13.1 Å². The predicted octanol–water partition coefficient (Wildman–Crippen LogP) is 0.0508. The highest BCUT2D eigenvalue weighted by molar-refractivity contribution is 5.72. The molecular formula is C5H8N2O2. The number of carboxylic acid groups (broad SMARTS) is 1. The van der Waals surface area contributed by atoms with E-state index in [4.69, 9.17) is 5.11 Å². The molecule has 0 radical (unpaired) electrons. The second-order valence-corrected chi connectivity index (χ2v) is 1.82. The van der Waals surface area contributed by atoms with Gasteiger partial charge in [-0.25, -0.2) is 4.79 Å². The fourth-order valence-corrected chi connectivity index (χ4v) is 0.691. The highest BCUT2D eigenvalue weighted by Crippen LogP contribution is 1.91. The van der Waals surface area contributed by atoms with Gasteiger partial charge in [-0.2, -0.15) is 0 Å². The molecule has 0 aromatic rings. The van der Waals surface area contributed by atoms with E-state index in [0.29, 0.717) is 19.6 Å². The SMILES string of the molecule is O=C(O)N1CC=NCC1. The van der Waals surface area contributed by atoms with Crippen molar-refractivity contribution in [2.24, 2.45) is 4.99 Å². The lowest BCUT2D eigenvalue weighted by atomic mass is 10.4. The summed E-state index contributed by atoms with van der Waals surface area (Å²) in [5, 5.41) is 8.40. The molecule has 1 rings (SSSR count). The van der Waals surface area contributed by atoms with E-state index in [2.05, 4.69) is 4.99 Å². The number of amides is 1. The summed E-state index contributed by atoms with van der Waals surface area (Å²) in [6, 6.07) is 0. The topological polar surface area (TPSA) is 52.9 Å². The van der Waals surface area contributed by atoms with Crippen molar-refractivity contribution < 1.29 is 9.90 Å². The normalized spacial score (nSPS) is 18.0. The Morgan fingerprint density at radius 2 is 2.56 bits per heavy atom. The lowest BCUT2D eigenvalue weighted by molar-refractivity contribution is 0.152. The summed E-state index contributed by atoms with van der Waals surface area (Å²) in [5.74, 6) is 0. The first-order chi connectivity index (χ1) is 4.30. The van der Waals surface area contributed by atoms with Gasteiger partial charge in [-0.05, 0) is 0 Å². The van der Waals surface area contributed by atoms with Crippen molar-refractivity contribution in [3.8, 4) is 0 Å². The molecule has 0 aromatic carbocycles. The summed E-state index contributed by atoms with van der Waals surface area (Å²) in [6.45, 7) is 1.58. The maximum absolute atomic E-state index is 10.2. The van der Waals surface area contributed by atoms with E-state index in [-0.39, 0.29) is 0 Å². The van der Waals surface area contributed by atoms with Crippen molar-refractivity contribution in [3.05, 3.63) is 0 Å². The second kappa shape index (κ2) is 2.48. The zero-order valence-electron chi connectivity index (χ0n) is 4.95. The van der Waals surface area contributed by atoms with Crippen LogP contribution in [0, 0.1) is 0 Å². The molecule has 0 bridgehead atoms. The molecule has 0 fully saturated rings. The van der Waals surface area contributed by atoms with Crippen molar-refractivity contribution in [3.63, 3.8) is 0 Å². The van der Waals surface area contributed by atoms with Crippen LogP contribution < -0.4 is 0 Å². The van der Waals surface area contributed by atoms with E-state index in [0.717, 1.165) is 0 Å². The number of hydrogen-bond acceptors (Lipinski definition) is 2. The molecule has 1 N–H and O–H groups in total. The van der Waals surface area contributed by atoms with Crippen LogP contribution in [0.4, 0.5) is 4.79 Å². The average molecular weight is 128 g/mol. The van der Waals surface area contributed by atoms with Crippen LogP contribution in [0.3, 0.4) is 0 Å². The Bertz CT molecular complexity index is 144. The van der Waals surface area contributed by atoms with Crippen LogP contribution in [0.25, 0.3) is 0 Å². The first kappa shape index (κ1) is 6.07. The smallest absolute Gasteiger partial charge is 0.407 e. The molecular weight excluding hydrogens is 120 g/mol. The Balaban J connectivity index is 2.44. The standard InChI is InChI=1S/C5H8N2O2/c8-5(9)7-3-1-6-2-4-7/h1H,2-4H2,(H,8,9). The molecule has 50 valence electrons. The van der Waals surface area contributed by atoms with Crippen molar-refractivity contribution in [2.45, 2.75) is 0 Å². The predicted molar refractivity (Wildman–Crippen MR) is 33.0 cm³/mol. The van der Waals surface area contributed by atoms with Gasteiger partial charge >= 0.3 is 6.09 Å². The van der Waals surface area contributed by atoms with E-state index < -0.39 is 6.09 Å². The summed E-state index contributed by atoms with van der Waals surface area (Å²) < 4.78 is 0. The van der Waals surface area contributed by atoms with Crippen LogP contribution in [-0.2, 0) is 0 Å². The molecule has 0 spiro atoms. The molecule has 0 saturated carbocycles. The average Bonchev–Trinajstić information content (AvgIpc) is 1.90. The van der Waals surface area contributed by atoms with Crippen molar-refractivity contribution in [1.29, 1.82) is 0 Å². The van der Waals surface area contributed by atoms with Gasteiger partial charge in [0, 0.05) is 12.8 Å². The van der Waals surface area contributed by atoms with E-state index in [1.54, 1.807) is 6.21 Å².